The van der Waals surface area contributed by atoms with Gasteiger partial charge in [-0.3, -0.25) is 0 Å². The van der Waals surface area contributed by atoms with Crippen LogP contribution in [0.5, 0.6) is 11.5 Å². The van der Waals surface area contributed by atoms with E-state index in [0.717, 1.165) is 4.47 Å². The largest absolute Gasteiger partial charge is 0.455 e. The molecule has 4 nitrogen and oxygen atoms in total. The number of hydrogen-bond donors (Lipinski definition) is 2. The van der Waals surface area contributed by atoms with E-state index in [9.17, 15) is 0 Å². The van der Waals surface area contributed by atoms with Gasteiger partial charge in [0, 0.05) is 4.47 Å². The molecule has 104 valence electrons. The Morgan fingerprint density at radius 3 is 2.55 bits per heavy atom. The molecule has 0 aliphatic carbocycles. The Morgan fingerprint density at radius 2 is 1.90 bits per heavy atom. The van der Waals surface area contributed by atoms with E-state index in [-0.39, 0.29) is 5.84 Å². The smallest absolute Gasteiger partial charge is 0.175 e. The van der Waals surface area contributed by atoms with Crippen molar-refractivity contribution in [3.63, 3.8) is 0 Å². The summed E-state index contributed by atoms with van der Waals surface area (Å²) in [5, 5.41) is 12.5. The molecule has 3 N–H and O–H groups in total. The molecule has 20 heavy (non-hydrogen) atoms. The molecule has 0 bridgehead atoms. The first kappa shape index (κ1) is 15.0. The van der Waals surface area contributed by atoms with Gasteiger partial charge >= 0.3 is 0 Å². The molecular formula is C13H9BrCl2N2O2. The van der Waals surface area contributed by atoms with Crippen molar-refractivity contribution >= 4 is 45.0 Å². The molecule has 0 fully saturated rings. The van der Waals surface area contributed by atoms with Crippen LogP contribution in [0.1, 0.15) is 5.56 Å². The van der Waals surface area contributed by atoms with E-state index < -0.39 is 0 Å². The standard InChI is InChI=1S/C13H9BrCl2N2O2/c14-7-4-5-10(9(16)6-7)20-11-3-1-2-8(15)12(11)13(17)18-19/h1-6,19H,(H2,17,18). The molecule has 7 heteroatoms. The number of benzene rings is 2. The summed E-state index contributed by atoms with van der Waals surface area (Å²) in [6.45, 7) is 0. The summed E-state index contributed by atoms with van der Waals surface area (Å²) in [5.74, 6) is 0.639. The second-order valence-electron chi connectivity index (χ2n) is 3.78. The second kappa shape index (κ2) is 6.35. The van der Waals surface area contributed by atoms with Gasteiger partial charge in [-0.15, -0.1) is 0 Å². The fraction of sp³-hybridized carbons (Fsp3) is 0. The molecule has 2 rings (SSSR count). The van der Waals surface area contributed by atoms with Crippen LogP contribution in [-0.2, 0) is 0 Å². The molecular weight excluding hydrogens is 367 g/mol. The van der Waals surface area contributed by atoms with Crippen LogP contribution in [0.4, 0.5) is 0 Å². The Balaban J connectivity index is 2.46. The average Bonchev–Trinajstić information content (AvgIpc) is 2.41. The van der Waals surface area contributed by atoms with Crippen LogP contribution in [0.25, 0.3) is 0 Å². The van der Waals surface area contributed by atoms with Gasteiger partial charge in [0.15, 0.2) is 5.84 Å². The van der Waals surface area contributed by atoms with Crippen LogP contribution < -0.4 is 10.5 Å². The van der Waals surface area contributed by atoms with Crippen LogP contribution in [-0.4, -0.2) is 11.0 Å². The lowest BCUT2D eigenvalue weighted by Gasteiger charge is -2.12. The molecule has 0 saturated carbocycles. The number of amidine groups is 1. The lowest BCUT2D eigenvalue weighted by atomic mass is 10.2. The van der Waals surface area contributed by atoms with Crippen LogP contribution >= 0.6 is 39.1 Å². The zero-order valence-electron chi connectivity index (χ0n) is 9.98. The van der Waals surface area contributed by atoms with Crippen molar-refractivity contribution in [1.82, 2.24) is 0 Å². The number of rotatable bonds is 3. The fourth-order valence-electron chi connectivity index (χ4n) is 1.56. The molecule has 0 aliphatic heterocycles. The quantitative estimate of drug-likeness (QED) is 0.355. The Morgan fingerprint density at radius 1 is 1.15 bits per heavy atom. The number of nitrogens with two attached hydrogens (primary N) is 1. The molecule has 0 aromatic heterocycles. The zero-order chi connectivity index (χ0) is 14.7. The third-order valence-electron chi connectivity index (χ3n) is 2.45. The first-order valence-corrected chi connectivity index (χ1v) is 6.97. The minimum absolute atomic E-state index is 0.140. The van der Waals surface area contributed by atoms with Crippen LogP contribution in [0.3, 0.4) is 0 Å². The summed E-state index contributed by atoms with van der Waals surface area (Å²) in [5.41, 5.74) is 5.91. The van der Waals surface area contributed by atoms with E-state index in [1.807, 2.05) is 0 Å². The minimum Gasteiger partial charge on any atom is -0.455 e. The first-order valence-electron chi connectivity index (χ1n) is 5.42. The van der Waals surface area contributed by atoms with Crippen molar-refractivity contribution in [2.45, 2.75) is 0 Å². The van der Waals surface area contributed by atoms with Crippen molar-refractivity contribution in [3.8, 4) is 11.5 Å². The molecule has 2 aromatic carbocycles. The summed E-state index contributed by atoms with van der Waals surface area (Å²) in [7, 11) is 0. The Hall–Kier alpha value is -1.43. The lowest BCUT2D eigenvalue weighted by Crippen LogP contribution is -2.14. The first-order chi connectivity index (χ1) is 9.52. The highest BCUT2D eigenvalue weighted by Gasteiger charge is 2.14. The van der Waals surface area contributed by atoms with E-state index in [2.05, 4.69) is 21.1 Å². The molecule has 0 atom stereocenters. The van der Waals surface area contributed by atoms with Gasteiger partial charge in [0.2, 0.25) is 0 Å². The summed E-state index contributed by atoms with van der Waals surface area (Å²) in [6.07, 6.45) is 0. The van der Waals surface area contributed by atoms with Crippen molar-refractivity contribution in [2.24, 2.45) is 10.9 Å². The van der Waals surface area contributed by atoms with Gasteiger partial charge < -0.3 is 15.7 Å². The third-order valence-corrected chi connectivity index (χ3v) is 3.56. The van der Waals surface area contributed by atoms with E-state index >= 15 is 0 Å². The van der Waals surface area contributed by atoms with Crippen molar-refractivity contribution in [2.75, 3.05) is 0 Å². The number of oxime groups is 1. The summed E-state index contributed by atoms with van der Waals surface area (Å²) in [4.78, 5) is 0. The monoisotopic (exact) mass is 374 g/mol. The maximum absolute atomic E-state index is 8.81. The van der Waals surface area contributed by atoms with E-state index in [0.29, 0.717) is 27.1 Å². The van der Waals surface area contributed by atoms with Gasteiger partial charge in [-0.05, 0) is 30.3 Å². The van der Waals surface area contributed by atoms with E-state index in [1.54, 1.807) is 36.4 Å². The van der Waals surface area contributed by atoms with Gasteiger partial charge in [-0.2, -0.15) is 0 Å². The molecule has 0 heterocycles. The zero-order valence-corrected chi connectivity index (χ0v) is 13.1. The molecule has 0 saturated heterocycles. The maximum Gasteiger partial charge on any atom is 0.175 e. The number of hydrogen-bond acceptors (Lipinski definition) is 3. The molecule has 0 spiro atoms. The third kappa shape index (κ3) is 3.17. The van der Waals surface area contributed by atoms with Gasteiger partial charge in [0.05, 0.1) is 15.6 Å². The molecule has 2 aromatic rings. The Bertz CT molecular complexity index is 677. The van der Waals surface area contributed by atoms with Crippen LogP contribution in [0.2, 0.25) is 10.0 Å². The lowest BCUT2D eigenvalue weighted by molar-refractivity contribution is 0.318. The second-order valence-corrected chi connectivity index (χ2v) is 5.51. The highest BCUT2D eigenvalue weighted by atomic mass is 79.9. The normalized spacial score (nSPS) is 11.4. The van der Waals surface area contributed by atoms with Gasteiger partial charge in [0.25, 0.3) is 0 Å². The fourth-order valence-corrected chi connectivity index (χ4v) is 2.54. The van der Waals surface area contributed by atoms with E-state index in [1.165, 1.54) is 0 Å². The molecule has 0 radical (unpaired) electrons. The van der Waals surface area contributed by atoms with Gasteiger partial charge in [-0.25, -0.2) is 0 Å². The SMILES string of the molecule is NC(=NO)c1c(Cl)cccc1Oc1ccc(Br)cc1Cl. The maximum atomic E-state index is 8.81. The van der Waals surface area contributed by atoms with E-state index in [4.69, 9.17) is 38.9 Å². The minimum atomic E-state index is -0.140. The molecule has 0 unspecified atom stereocenters. The Labute approximate surface area is 133 Å². The van der Waals surface area contributed by atoms with Crippen molar-refractivity contribution in [1.29, 1.82) is 0 Å². The van der Waals surface area contributed by atoms with Crippen molar-refractivity contribution in [3.05, 3.63) is 56.5 Å². The summed E-state index contributed by atoms with van der Waals surface area (Å²) < 4.78 is 6.52. The van der Waals surface area contributed by atoms with Crippen molar-refractivity contribution < 1.29 is 9.94 Å². The number of halogens is 3. The topological polar surface area (TPSA) is 67.8 Å². The predicted octanol–water partition coefficient (Wildman–Crippen LogP) is 4.64. The van der Waals surface area contributed by atoms with Crippen LogP contribution in [0, 0.1) is 0 Å². The van der Waals surface area contributed by atoms with Gasteiger partial charge in [-0.1, -0.05) is 50.4 Å². The highest BCUT2D eigenvalue weighted by molar-refractivity contribution is 9.10. The highest BCUT2D eigenvalue weighted by Crippen LogP contribution is 2.35. The average molecular weight is 376 g/mol. The number of ether oxygens (including phenoxy) is 1. The Kier molecular flexibility index (Phi) is 4.75. The summed E-state index contributed by atoms with van der Waals surface area (Å²) >= 11 is 15.4. The van der Waals surface area contributed by atoms with Crippen LogP contribution in [0.15, 0.2) is 46.0 Å². The number of nitrogens with zero attached hydrogens (tertiary/aromatic N) is 1. The molecule has 0 aliphatic rings. The molecule has 0 amide bonds. The van der Waals surface area contributed by atoms with Gasteiger partial charge in [0.1, 0.15) is 11.5 Å². The predicted molar refractivity (Wildman–Crippen MR) is 83.2 cm³/mol. The summed E-state index contributed by atoms with van der Waals surface area (Å²) in [6, 6.07) is 10.1.